The molecule has 0 radical (unpaired) electrons. The fourth-order valence-electron chi connectivity index (χ4n) is 1.96. The summed E-state index contributed by atoms with van der Waals surface area (Å²) in [6, 6.07) is 1.76. The maximum absolute atomic E-state index is 11.8. The SMILES string of the molecule is CC(C)c1c(C(=O)CN)cc(Br)c2c1OCO2. The van der Waals surface area contributed by atoms with Gasteiger partial charge in [0, 0.05) is 11.1 Å². The van der Waals surface area contributed by atoms with Crippen molar-refractivity contribution in [3.05, 3.63) is 21.7 Å². The Hall–Kier alpha value is -1.07. The first-order valence-corrected chi connectivity index (χ1v) is 6.20. The van der Waals surface area contributed by atoms with E-state index in [1.54, 1.807) is 6.07 Å². The number of halogens is 1. The Morgan fingerprint density at radius 3 is 2.71 bits per heavy atom. The van der Waals surface area contributed by atoms with Crippen molar-refractivity contribution in [2.24, 2.45) is 5.73 Å². The molecule has 0 bridgehead atoms. The van der Waals surface area contributed by atoms with Crippen LogP contribution in [0.5, 0.6) is 11.5 Å². The van der Waals surface area contributed by atoms with Gasteiger partial charge in [0.25, 0.3) is 0 Å². The summed E-state index contributed by atoms with van der Waals surface area (Å²) < 4.78 is 11.6. The number of carbonyl (C=O) groups excluding carboxylic acids is 1. The highest BCUT2D eigenvalue weighted by atomic mass is 79.9. The molecular formula is C12H14BrNO3. The summed E-state index contributed by atoms with van der Waals surface area (Å²) >= 11 is 3.38. The first-order chi connectivity index (χ1) is 8.06. The third kappa shape index (κ3) is 2.05. The van der Waals surface area contributed by atoms with Gasteiger partial charge >= 0.3 is 0 Å². The summed E-state index contributed by atoms with van der Waals surface area (Å²) in [5.74, 6) is 1.41. The van der Waals surface area contributed by atoms with Gasteiger partial charge in [0.15, 0.2) is 17.3 Å². The monoisotopic (exact) mass is 299 g/mol. The van der Waals surface area contributed by atoms with Crippen LogP contribution in [-0.4, -0.2) is 19.1 Å². The highest BCUT2D eigenvalue weighted by Gasteiger charge is 2.27. The van der Waals surface area contributed by atoms with Crippen LogP contribution in [0.15, 0.2) is 10.5 Å². The second kappa shape index (κ2) is 4.66. The molecule has 0 unspecified atom stereocenters. The van der Waals surface area contributed by atoms with E-state index < -0.39 is 0 Å². The summed E-state index contributed by atoms with van der Waals surface area (Å²) in [6.07, 6.45) is 0. The van der Waals surface area contributed by atoms with Crippen molar-refractivity contribution in [3.63, 3.8) is 0 Å². The smallest absolute Gasteiger partial charge is 0.231 e. The zero-order valence-corrected chi connectivity index (χ0v) is 11.3. The van der Waals surface area contributed by atoms with Crippen LogP contribution in [0.3, 0.4) is 0 Å². The van der Waals surface area contributed by atoms with E-state index in [9.17, 15) is 4.79 Å². The zero-order valence-electron chi connectivity index (χ0n) is 9.75. The van der Waals surface area contributed by atoms with E-state index in [1.807, 2.05) is 13.8 Å². The highest BCUT2D eigenvalue weighted by molar-refractivity contribution is 9.10. The molecule has 0 aromatic heterocycles. The fourth-order valence-corrected chi connectivity index (χ4v) is 2.49. The number of fused-ring (bicyclic) bond motifs is 1. The van der Waals surface area contributed by atoms with Gasteiger partial charge in [0.1, 0.15) is 0 Å². The van der Waals surface area contributed by atoms with Crippen LogP contribution in [0.2, 0.25) is 0 Å². The number of hydrogen-bond acceptors (Lipinski definition) is 4. The lowest BCUT2D eigenvalue weighted by atomic mass is 9.93. The summed E-state index contributed by atoms with van der Waals surface area (Å²) in [6.45, 7) is 4.21. The van der Waals surface area contributed by atoms with Gasteiger partial charge in [-0.2, -0.15) is 0 Å². The van der Waals surface area contributed by atoms with Crippen LogP contribution >= 0.6 is 15.9 Å². The Morgan fingerprint density at radius 1 is 1.47 bits per heavy atom. The number of carbonyl (C=O) groups is 1. The van der Waals surface area contributed by atoms with E-state index in [4.69, 9.17) is 15.2 Å². The second-order valence-corrected chi connectivity index (χ2v) is 5.02. The number of hydrogen-bond donors (Lipinski definition) is 1. The molecule has 92 valence electrons. The molecule has 1 aliphatic heterocycles. The number of ketones is 1. The third-order valence-electron chi connectivity index (χ3n) is 2.70. The van der Waals surface area contributed by atoms with Gasteiger partial charge in [-0.15, -0.1) is 0 Å². The number of nitrogens with two attached hydrogens (primary N) is 1. The van der Waals surface area contributed by atoms with Crippen LogP contribution in [0.1, 0.15) is 35.7 Å². The minimum Gasteiger partial charge on any atom is -0.453 e. The molecule has 1 aliphatic rings. The molecule has 0 saturated carbocycles. The van der Waals surface area contributed by atoms with Crippen molar-refractivity contribution < 1.29 is 14.3 Å². The Morgan fingerprint density at radius 2 is 2.12 bits per heavy atom. The molecule has 4 nitrogen and oxygen atoms in total. The van der Waals surface area contributed by atoms with Crippen LogP contribution in [-0.2, 0) is 0 Å². The molecular weight excluding hydrogens is 286 g/mol. The first-order valence-electron chi connectivity index (χ1n) is 5.41. The minimum atomic E-state index is -0.0901. The van der Waals surface area contributed by atoms with Gasteiger partial charge < -0.3 is 15.2 Å². The fraction of sp³-hybridized carbons (Fsp3) is 0.417. The standard InChI is InChI=1S/C12H14BrNO3/c1-6(2)10-7(9(15)4-14)3-8(13)11-12(10)17-5-16-11/h3,6H,4-5,14H2,1-2H3. The van der Waals surface area contributed by atoms with Gasteiger partial charge in [-0.1, -0.05) is 13.8 Å². The van der Waals surface area contributed by atoms with E-state index in [2.05, 4.69) is 15.9 Å². The molecule has 0 atom stereocenters. The minimum absolute atomic E-state index is 0.00813. The van der Waals surface area contributed by atoms with E-state index >= 15 is 0 Å². The van der Waals surface area contributed by atoms with Gasteiger partial charge in [-0.3, -0.25) is 4.79 Å². The zero-order chi connectivity index (χ0) is 12.6. The predicted molar refractivity (Wildman–Crippen MR) is 67.7 cm³/mol. The van der Waals surface area contributed by atoms with Crippen LogP contribution in [0.25, 0.3) is 0 Å². The van der Waals surface area contributed by atoms with Crippen molar-refractivity contribution in [3.8, 4) is 11.5 Å². The van der Waals surface area contributed by atoms with Crippen molar-refractivity contribution in [1.82, 2.24) is 0 Å². The summed E-state index contributed by atoms with van der Waals surface area (Å²) in [4.78, 5) is 11.8. The van der Waals surface area contributed by atoms with Gasteiger partial charge in [0.05, 0.1) is 11.0 Å². The van der Waals surface area contributed by atoms with Crippen molar-refractivity contribution >= 4 is 21.7 Å². The average Bonchev–Trinajstić information content (AvgIpc) is 2.76. The Balaban J connectivity index is 2.67. The van der Waals surface area contributed by atoms with Crippen LogP contribution < -0.4 is 15.2 Å². The molecule has 0 spiro atoms. The molecule has 1 aromatic carbocycles. The largest absolute Gasteiger partial charge is 0.453 e. The molecule has 2 N–H and O–H groups in total. The number of ether oxygens (including phenoxy) is 2. The lowest BCUT2D eigenvalue weighted by Crippen LogP contribution is -2.16. The lowest BCUT2D eigenvalue weighted by Gasteiger charge is -2.15. The van der Waals surface area contributed by atoms with Crippen LogP contribution in [0, 0.1) is 0 Å². The third-order valence-corrected chi connectivity index (χ3v) is 3.29. The second-order valence-electron chi connectivity index (χ2n) is 4.17. The molecule has 0 saturated heterocycles. The highest BCUT2D eigenvalue weighted by Crippen LogP contribution is 2.46. The molecule has 5 heteroatoms. The molecule has 0 aliphatic carbocycles. The lowest BCUT2D eigenvalue weighted by molar-refractivity contribution is 0.0999. The van der Waals surface area contributed by atoms with Gasteiger partial charge in [-0.25, -0.2) is 0 Å². The Bertz CT molecular complexity index is 471. The maximum atomic E-state index is 11.8. The molecule has 17 heavy (non-hydrogen) atoms. The summed E-state index contributed by atoms with van der Waals surface area (Å²) in [5, 5.41) is 0. The maximum Gasteiger partial charge on any atom is 0.231 e. The van der Waals surface area contributed by atoms with Crippen molar-refractivity contribution in [2.45, 2.75) is 19.8 Å². The van der Waals surface area contributed by atoms with Crippen LogP contribution in [0.4, 0.5) is 0 Å². The van der Waals surface area contributed by atoms with Crippen molar-refractivity contribution in [2.75, 3.05) is 13.3 Å². The van der Waals surface area contributed by atoms with E-state index in [-0.39, 0.29) is 25.0 Å². The first kappa shape index (κ1) is 12.4. The normalized spacial score (nSPS) is 13.2. The average molecular weight is 300 g/mol. The molecule has 1 heterocycles. The number of rotatable bonds is 3. The topological polar surface area (TPSA) is 61.6 Å². The predicted octanol–water partition coefficient (Wildman–Crippen LogP) is 2.44. The Kier molecular flexibility index (Phi) is 3.40. The molecule has 0 amide bonds. The van der Waals surface area contributed by atoms with E-state index in [1.165, 1.54) is 0 Å². The molecule has 1 aromatic rings. The summed E-state index contributed by atoms with van der Waals surface area (Å²) in [7, 11) is 0. The van der Waals surface area contributed by atoms with E-state index in [0.29, 0.717) is 17.1 Å². The number of Topliss-reactive ketones (excluding diaryl/α,β-unsaturated/α-hetero) is 1. The quantitative estimate of drug-likeness (QED) is 0.871. The molecule has 2 rings (SSSR count). The Labute approximate surface area is 108 Å². The van der Waals surface area contributed by atoms with Gasteiger partial charge in [-0.05, 0) is 27.9 Å². The number of benzene rings is 1. The molecule has 0 fully saturated rings. The van der Waals surface area contributed by atoms with E-state index in [0.717, 1.165) is 10.0 Å². The summed E-state index contributed by atoms with van der Waals surface area (Å²) in [5.41, 5.74) is 6.91. The van der Waals surface area contributed by atoms with Crippen molar-refractivity contribution in [1.29, 1.82) is 0 Å². The van der Waals surface area contributed by atoms with Gasteiger partial charge in [0.2, 0.25) is 6.79 Å².